The summed E-state index contributed by atoms with van der Waals surface area (Å²) in [5.41, 5.74) is 1.53. The molecular formula is C19H16FN3O3. The van der Waals surface area contributed by atoms with Crippen molar-refractivity contribution in [2.24, 2.45) is 0 Å². The summed E-state index contributed by atoms with van der Waals surface area (Å²) in [6, 6.07) is 12.2. The molecule has 7 heteroatoms. The number of fused-ring (bicyclic) bond motifs is 1. The Balaban J connectivity index is 1.56. The molecule has 1 aromatic heterocycles. The Hall–Kier alpha value is -3.35. The number of aryl methyl sites for hydroxylation is 1. The number of para-hydroxylation sites is 2. The topological polar surface area (TPSA) is 91.9 Å². The lowest BCUT2D eigenvalue weighted by molar-refractivity contribution is -0.120. The second-order valence-corrected chi connectivity index (χ2v) is 5.74. The van der Waals surface area contributed by atoms with Gasteiger partial charge in [0, 0.05) is 18.4 Å². The second-order valence-electron chi connectivity index (χ2n) is 5.74. The Morgan fingerprint density at radius 1 is 1.08 bits per heavy atom. The first-order valence-corrected chi connectivity index (χ1v) is 8.06. The molecule has 0 unspecified atom stereocenters. The fourth-order valence-corrected chi connectivity index (χ4v) is 2.47. The maximum Gasteiger partial charge on any atom is 0.270 e. The van der Waals surface area contributed by atoms with Gasteiger partial charge in [0.05, 0.1) is 17.6 Å². The zero-order valence-corrected chi connectivity index (χ0v) is 13.8. The maximum absolute atomic E-state index is 12.8. The van der Waals surface area contributed by atoms with Crippen molar-refractivity contribution in [2.75, 3.05) is 6.54 Å². The van der Waals surface area contributed by atoms with Crippen molar-refractivity contribution in [1.29, 1.82) is 0 Å². The van der Waals surface area contributed by atoms with Gasteiger partial charge in [-0.2, -0.15) is 0 Å². The number of carbonyl (C=O) groups is 2. The fourth-order valence-electron chi connectivity index (χ4n) is 2.47. The van der Waals surface area contributed by atoms with Crippen LogP contribution in [-0.4, -0.2) is 28.2 Å². The smallest absolute Gasteiger partial charge is 0.270 e. The quantitative estimate of drug-likeness (QED) is 0.663. The van der Waals surface area contributed by atoms with E-state index in [1.165, 1.54) is 24.3 Å². The fraction of sp³-hybridized carbons (Fsp3) is 0.158. The van der Waals surface area contributed by atoms with Crippen LogP contribution in [0.4, 0.5) is 4.39 Å². The highest BCUT2D eigenvalue weighted by Gasteiger charge is 2.11. The molecule has 0 aliphatic heterocycles. The summed E-state index contributed by atoms with van der Waals surface area (Å²) in [6.45, 7) is -0.189. The lowest BCUT2D eigenvalue weighted by Gasteiger charge is -2.05. The monoisotopic (exact) mass is 353 g/mol. The number of aromatic nitrogens is 2. The van der Waals surface area contributed by atoms with E-state index in [1.807, 2.05) is 6.07 Å². The van der Waals surface area contributed by atoms with E-state index >= 15 is 0 Å². The average molecular weight is 353 g/mol. The van der Waals surface area contributed by atoms with E-state index in [0.717, 1.165) is 0 Å². The van der Waals surface area contributed by atoms with E-state index in [4.69, 9.17) is 0 Å². The molecule has 0 aliphatic carbocycles. The number of halogens is 1. The lowest BCUT2D eigenvalue weighted by atomic mass is 10.1. The van der Waals surface area contributed by atoms with Crippen LogP contribution in [0.2, 0.25) is 0 Å². The van der Waals surface area contributed by atoms with Gasteiger partial charge in [-0.05, 0) is 36.4 Å². The van der Waals surface area contributed by atoms with Crippen molar-refractivity contribution in [3.63, 3.8) is 0 Å². The van der Waals surface area contributed by atoms with E-state index in [-0.39, 0.29) is 42.3 Å². The number of amides is 1. The molecule has 3 aromatic rings. The minimum Gasteiger partial charge on any atom is -0.349 e. The number of H-pyrrole nitrogens is 1. The van der Waals surface area contributed by atoms with Gasteiger partial charge in [0.2, 0.25) is 5.91 Å². The normalized spacial score (nSPS) is 10.7. The van der Waals surface area contributed by atoms with Crippen LogP contribution in [0.1, 0.15) is 22.5 Å². The minimum absolute atomic E-state index is 0.0329. The summed E-state index contributed by atoms with van der Waals surface area (Å²) < 4.78 is 12.8. The number of nitrogens with one attached hydrogen (secondary N) is 2. The number of aromatic amines is 1. The van der Waals surface area contributed by atoms with Crippen LogP contribution in [0.25, 0.3) is 11.0 Å². The first kappa shape index (κ1) is 17.5. The molecule has 0 bridgehead atoms. The van der Waals surface area contributed by atoms with Crippen molar-refractivity contribution < 1.29 is 14.0 Å². The van der Waals surface area contributed by atoms with Gasteiger partial charge in [-0.15, -0.1) is 0 Å². The molecule has 2 aromatic carbocycles. The molecule has 0 fully saturated rings. The third kappa shape index (κ3) is 4.18. The minimum atomic E-state index is -0.432. The molecule has 3 rings (SSSR count). The van der Waals surface area contributed by atoms with E-state index in [1.54, 1.807) is 18.2 Å². The first-order chi connectivity index (χ1) is 12.5. The molecule has 26 heavy (non-hydrogen) atoms. The molecule has 0 saturated carbocycles. The number of hydrogen-bond acceptors (Lipinski definition) is 4. The number of rotatable bonds is 6. The van der Waals surface area contributed by atoms with Crippen LogP contribution in [0.15, 0.2) is 53.3 Å². The van der Waals surface area contributed by atoms with Crippen molar-refractivity contribution in [3.8, 4) is 0 Å². The van der Waals surface area contributed by atoms with Crippen LogP contribution in [-0.2, 0) is 11.2 Å². The van der Waals surface area contributed by atoms with Crippen molar-refractivity contribution in [1.82, 2.24) is 15.3 Å². The summed E-state index contributed by atoms with van der Waals surface area (Å²) in [7, 11) is 0. The van der Waals surface area contributed by atoms with E-state index < -0.39 is 5.82 Å². The number of hydrogen-bond donors (Lipinski definition) is 2. The Morgan fingerprint density at radius 2 is 1.81 bits per heavy atom. The van der Waals surface area contributed by atoms with Gasteiger partial charge in [-0.1, -0.05) is 12.1 Å². The predicted molar refractivity (Wildman–Crippen MR) is 94.4 cm³/mol. The molecule has 1 amide bonds. The summed E-state index contributed by atoms with van der Waals surface area (Å²) in [5.74, 6) is -1.12. The van der Waals surface area contributed by atoms with Crippen LogP contribution >= 0.6 is 0 Å². The number of nitrogens with zero attached hydrogens (tertiary/aromatic N) is 1. The van der Waals surface area contributed by atoms with Crippen LogP contribution < -0.4 is 10.9 Å². The second kappa shape index (κ2) is 7.69. The number of ketones is 1. The molecule has 1 heterocycles. The van der Waals surface area contributed by atoms with Gasteiger partial charge >= 0.3 is 0 Å². The SMILES string of the molecule is O=C(CCc1nc2ccccc2[nH]c1=O)NCC(=O)c1ccc(F)cc1. The van der Waals surface area contributed by atoms with E-state index in [2.05, 4.69) is 15.3 Å². The summed E-state index contributed by atoms with van der Waals surface area (Å²) in [5, 5.41) is 2.50. The van der Waals surface area contributed by atoms with Gasteiger partial charge in [0.25, 0.3) is 5.56 Å². The molecule has 2 N–H and O–H groups in total. The van der Waals surface area contributed by atoms with Crippen LogP contribution in [0.3, 0.4) is 0 Å². The summed E-state index contributed by atoms with van der Waals surface area (Å²) >= 11 is 0. The highest BCUT2D eigenvalue weighted by molar-refractivity contribution is 5.99. The zero-order valence-electron chi connectivity index (χ0n) is 13.8. The Morgan fingerprint density at radius 3 is 2.58 bits per heavy atom. The van der Waals surface area contributed by atoms with Crippen molar-refractivity contribution in [2.45, 2.75) is 12.8 Å². The van der Waals surface area contributed by atoms with E-state index in [9.17, 15) is 18.8 Å². The number of benzene rings is 2. The van der Waals surface area contributed by atoms with Gasteiger partial charge in [0.1, 0.15) is 11.5 Å². The number of carbonyl (C=O) groups excluding carboxylic acids is 2. The third-order valence-corrected chi connectivity index (χ3v) is 3.87. The van der Waals surface area contributed by atoms with Crippen LogP contribution in [0.5, 0.6) is 0 Å². The van der Waals surface area contributed by atoms with Gasteiger partial charge in [0.15, 0.2) is 5.78 Å². The Bertz CT molecular complexity index is 1010. The molecule has 0 spiro atoms. The standard InChI is InChI=1S/C19H16FN3O3/c20-13-7-5-12(6-8-13)17(24)11-21-18(25)10-9-16-19(26)23-15-4-2-1-3-14(15)22-16/h1-8H,9-11H2,(H,21,25)(H,23,26). The van der Waals surface area contributed by atoms with Crippen LogP contribution in [0, 0.1) is 5.82 Å². The molecule has 6 nitrogen and oxygen atoms in total. The average Bonchev–Trinajstić information content (AvgIpc) is 2.65. The predicted octanol–water partition coefficient (Wildman–Crippen LogP) is 1.99. The first-order valence-electron chi connectivity index (χ1n) is 8.06. The molecular weight excluding hydrogens is 337 g/mol. The summed E-state index contributed by atoms with van der Waals surface area (Å²) in [4.78, 5) is 42.8. The molecule has 0 saturated heterocycles. The van der Waals surface area contributed by atoms with Gasteiger partial charge in [-0.25, -0.2) is 9.37 Å². The van der Waals surface area contributed by atoms with Crippen molar-refractivity contribution >= 4 is 22.7 Å². The third-order valence-electron chi connectivity index (χ3n) is 3.87. The zero-order chi connectivity index (χ0) is 18.5. The lowest BCUT2D eigenvalue weighted by Crippen LogP contribution is -2.30. The molecule has 0 radical (unpaired) electrons. The Labute approximate surface area is 148 Å². The summed E-state index contributed by atoms with van der Waals surface area (Å²) in [6.07, 6.45) is 0.196. The molecule has 0 aliphatic rings. The maximum atomic E-state index is 12.8. The molecule has 0 atom stereocenters. The highest BCUT2D eigenvalue weighted by Crippen LogP contribution is 2.07. The molecule has 132 valence electrons. The van der Waals surface area contributed by atoms with E-state index in [0.29, 0.717) is 16.6 Å². The number of Topliss-reactive ketones (excluding diaryl/α,β-unsaturated/α-hetero) is 1. The largest absolute Gasteiger partial charge is 0.349 e. The van der Waals surface area contributed by atoms with Gasteiger partial charge in [-0.3, -0.25) is 14.4 Å². The highest BCUT2D eigenvalue weighted by atomic mass is 19.1. The van der Waals surface area contributed by atoms with Gasteiger partial charge < -0.3 is 10.3 Å². The Kier molecular flexibility index (Phi) is 5.17. The van der Waals surface area contributed by atoms with Crippen molar-refractivity contribution in [3.05, 3.63) is 76.0 Å².